The molecular formula is C32H18N8O12S2-4. The fourth-order valence-electron chi connectivity index (χ4n) is 4.98. The number of benzene rings is 4. The number of hydrogen-bond acceptors (Lipinski definition) is 18. The molecule has 0 spiro atoms. The third-order valence-corrected chi connectivity index (χ3v) is 9.10. The van der Waals surface area contributed by atoms with Gasteiger partial charge < -0.3 is 39.1 Å². The highest BCUT2D eigenvalue weighted by Gasteiger charge is 2.23. The number of hydrogen-bond donors (Lipinski definition) is 2. The van der Waals surface area contributed by atoms with Crippen LogP contribution in [0.25, 0.3) is 22.5 Å². The van der Waals surface area contributed by atoms with Crippen LogP contribution in [-0.4, -0.2) is 67.7 Å². The van der Waals surface area contributed by atoms with Gasteiger partial charge in [0, 0.05) is 11.1 Å². The number of aromatic hydroxyl groups is 2. The summed E-state index contributed by atoms with van der Waals surface area (Å²) in [7, 11) is -10.9. The Bertz CT molecular complexity index is 2560. The van der Waals surface area contributed by atoms with Crippen molar-refractivity contribution in [1.82, 2.24) is 19.6 Å². The summed E-state index contributed by atoms with van der Waals surface area (Å²) < 4.78 is 76.1. The Labute approximate surface area is 302 Å². The zero-order valence-electron chi connectivity index (χ0n) is 26.6. The molecule has 0 aliphatic rings. The highest BCUT2D eigenvalue weighted by atomic mass is 32.2. The summed E-state index contributed by atoms with van der Waals surface area (Å²) in [5, 5.41) is 67.1. The maximum atomic E-state index is 12.4. The van der Waals surface area contributed by atoms with Crippen LogP contribution in [0.4, 0.5) is 22.7 Å². The van der Waals surface area contributed by atoms with Gasteiger partial charge in [-0.1, -0.05) is 48.5 Å². The fraction of sp³-hybridized carbons (Fsp3) is 0. The molecular weight excluding hydrogens is 753 g/mol. The zero-order valence-corrected chi connectivity index (χ0v) is 28.2. The summed E-state index contributed by atoms with van der Waals surface area (Å²) in [5.74, 6) is -5.26. The van der Waals surface area contributed by atoms with Gasteiger partial charge in [-0.15, -0.1) is 10.2 Å². The first-order chi connectivity index (χ1) is 25.5. The van der Waals surface area contributed by atoms with Crippen molar-refractivity contribution in [2.24, 2.45) is 20.5 Å². The molecule has 274 valence electrons. The largest absolute Gasteiger partial charge is 0.744 e. The minimum absolute atomic E-state index is 0.235. The van der Waals surface area contributed by atoms with E-state index in [1.807, 2.05) is 0 Å². The highest BCUT2D eigenvalue weighted by Crippen LogP contribution is 2.39. The van der Waals surface area contributed by atoms with Crippen LogP contribution < -0.4 is 10.2 Å². The quantitative estimate of drug-likeness (QED) is 0.141. The second kappa shape index (κ2) is 14.1. The van der Waals surface area contributed by atoms with E-state index in [1.165, 1.54) is 24.3 Å². The van der Waals surface area contributed by atoms with E-state index >= 15 is 0 Å². The molecule has 0 fully saturated rings. The van der Waals surface area contributed by atoms with Gasteiger partial charge in [0.15, 0.2) is 11.4 Å². The van der Waals surface area contributed by atoms with Crippen LogP contribution in [0.5, 0.6) is 11.8 Å². The molecule has 2 aromatic heterocycles. The number of carbonyl (C=O) groups excluding carboxylic acids is 2. The molecule has 54 heavy (non-hydrogen) atoms. The summed E-state index contributed by atoms with van der Waals surface area (Å²) in [5.41, 5.74) is -4.56. The number of carboxylic acid groups (broad SMARTS) is 2. The van der Waals surface area contributed by atoms with Crippen molar-refractivity contribution in [3.05, 3.63) is 108 Å². The Kier molecular flexibility index (Phi) is 9.58. The average molecular weight is 771 g/mol. The molecule has 0 amide bonds. The van der Waals surface area contributed by atoms with Crippen LogP contribution in [-0.2, 0) is 20.2 Å². The van der Waals surface area contributed by atoms with Crippen molar-refractivity contribution >= 4 is 54.9 Å². The molecule has 22 heteroatoms. The van der Waals surface area contributed by atoms with E-state index in [4.69, 9.17) is 0 Å². The van der Waals surface area contributed by atoms with E-state index in [0.717, 1.165) is 33.6 Å². The first-order valence-electron chi connectivity index (χ1n) is 14.8. The molecule has 0 bridgehead atoms. The minimum atomic E-state index is -5.46. The summed E-state index contributed by atoms with van der Waals surface area (Å²) in [6, 6.07) is 20.8. The van der Waals surface area contributed by atoms with Crippen molar-refractivity contribution in [1.29, 1.82) is 0 Å². The molecule has 6 rings (SSSR count). The van der Waals surface area contributed by atoms with E-state index in [1.54, 1.807) is 36.4 Å². The van der Waals surface area contributed by atoms with Gasteiger partial charge in [-0.3, -0.25) is 0 Å². The number of aromatic carboxylic acids is 2. The smallest absolute Gasteiger partial charge is 0.243 e. The zero-order chi connectivity index (χ0) is 38.9. The van der Waals surface area contributed by atoms with Crippen LogP contribution in [0.15, 0.2) is 127 Å². The summed E-state index contributed by atoms with van der Waals surface area (Å²) in [6.45, 7) is 0. The standard InChI is InChI=1S/C32H22N8O12S2/c41-29-25(27(31(43)44)37-39(29)19-7-3-1-4-8-19)35-33-17-11-13-21(23(15-17)53(47,48)49)22-14-12-18(16-24(22)54(50,51)52)34-36-26-28(32(45)46)38-40(30(26)42)20-9-5-2-6-10-20/h1-16,41-42H,(H,43,44)(H,45,46)(H,47,48,49)(H,50,51,52)/p-4. The molecule has 2 heterocycles. The van der Waals surface area contributed by atoms with Gasteiger partial charge in [-0.25, -0.2) is 16.8 Å². The monoisotopic (exact) mass is 770 g/mol. The van der Waals surface area contributed by atoms with Gasteiger partial charge in [-0.05, 0) is 48.5 Å². The average Bonchev–Trinajstić information content (AvgIpc) is 3.65. The Morgan fingerprint density at radius 2 is 0.907 bits per heavy atom. The van der Waals surface area contributed by atoms with Crippen LogP contribution in [0, 0.1) is 0 Å². The molecule has 0 aliphatic heterocycles. The number of azo groups is 2. The number of aromatic nitrogens is 4. The van der Waals surface area contributed by atoms with Crippen molar-refractivity contribution in [2.45, 2.75) is 9.79 Å². The Morgan fingerprint density at radius 3 is 1.22 bits per heavy atom. The van der Waals surface area contributed by atoms with Crippen molar-refractivity contribution in [2.75, 3.05) is 0 Å². The number of carbonyl (C=O) groups is 2. The Hall–Kier alpha value is -7.14. The molecule has 0 unspecified atom stereocenters. The lowest BCUT2D eigenvalue weighted by molar-refractivity contribution is -0.256. The molecule has 6 aromatic rings. The number of nitrogens with zero attached hydrogens (tertiary/aromatic N) is 8. The maximum absolute atomic E-state index is 12.4. The Morgan fingerprint density at radius 1 is 0.556 bits per heavy atom. The molecule has 4 aromatic carbocycles. The van der Waals surface area contributed by atoms with Crippen LogP contribution >= 0.6 is 0 Å². The summed E-state index contributed by atoms with van der Waals surface area (Å²) in [4.78, 5) is 21.3. The number of rotatable bonds is 11. The van der Waals surface area contributed by atoms with Crippen LogP contribution in [0.1, 0.15) is 21.0 Å². The van der Waals surface area contributed by atoms with E-state index in [9.17, 15) is 56.0 Å². The van der Waals surface area contributed by atoms with Crippen molar-refractivity contribution < 1.29 is 56.0 Å². The molecule has 0 saturated heterocycles. The van der Waals surface area contributed by atoms with E-state index in [2.05, 4.69) is 30.7 Å². The molecule has 0 atom stereocenters. The first kappa shape index (κ1) is 36.6. The van der Waals surface area contributed by atoms with E-state index < -0.39 is 99.0 Å². The van der Waals surface area contributed by atoms with Gasteiger partial charge in [0.05, 0.1) is 44.5 Å². The number of carboxylic acids is 2. The van der Waals surface area contributed by atoms with E-state index in [-0.39, 0.29) is 11.4 Å². The van der Waals surface area contributed by atoms with Gasteiger partial charge in [0.25, 0.3) is 0 Å². The van der Waals surface area contributed by atoms with Crippen molar-refractivity contribution in [3.63, 3.8) is 0 Å². The van der Waals surface area contributed by atoms with Gasteiger partial charge >= 0.3 is 0 Å². The van der Waals surface area contributed by atoms with Gasteiger partial charge in [-0.2, -0.15) is 29.8 Å². The van der Waals surface area contributed by atoms with E-state index in [0.29, 0.717) is 12.1 Å². The lowest BCUT2D eigenvalue weighted by Crippen LogP contribution is -2.23. The summed E-state index contributed by atoms with van der Waals surface area (Å²) in [6.07, 6.45) is 0. The first-order valence-corrected chi connectivity index (χ1v) is 17.6. The molecule has 0 saturated carbocycles. The third kappa shape index (κ3) is 7.28. The molecule has 0 radical (unpaired) electrons. The van der Waals surface area contributed by atoms with Gasteiger partial charge in [0.2, 0.25) is 11.8 Å². The van der Waals surface area contributed by atoms with Crippen molar-refractivity contribution in [3.8, 4) is 34.3 Å². The normalized spacial score (nSPS) is 12.1. The fourth-order valence-corrected chi connectivity index (χ4v) is 6.40. The minimum Gasteiger partial charge on any atom is -0.744 e. The second-order valence-corrected chi connectivity index (χ2v) is 13.5. The Balaban J connectivity index is 1.40. The molecule has 20 nitrogen and oxygen atoms in total. The number of para-hydroxylation sites is 2. The SMILES string of the molecule is O=C([O-])c1nn(-c2ccccc2)c(O)c1N=Nc1ccc(-c2ccc(N=Nc3c(C(=O)[O-])nn(-c4ccccc4)c3O)cc2S(=O)(=O)[O-])c(S(=O)(=O)[O-])c1. The van der Waals surface area contributed by atoms with Gasteiger partial charge in [0.1, 0.15) is 31.6 Å². The predicted octanol–water partition coefficient (Wildman–Crippen LogP) is 2.50. The maximum Gasteiger partial charge on any atom is 0.243 e. The highest BCUT2D eigenvalue weighted by molar-refractivity contribution is 7.86. The topological polar surface area (TPSA) is 320 Å². The molecule has 0 aliphatic carbocycles. The van der Waals surface area contributed by atoms with Crippen LogP contribution in [0.3, 0.4) is 0 Å². The lowest BCUT2D eigenvalue weighted by atomic mass is 10.0. The van der Waals surface area contributed by atoms with Crippen LogP contribution in [0.2, 0.25) is 0 Å². The third-order valence-electron chi connectivity index (χ3n) is 7.35. The lowest BCUT2D eigenvalue weighted by Gasteiger charge is -2.18. The molecule has 2 N–H and O–H groups in total. The second-order valence-electron chi connectivity index (χ2n) is 10.8. The predicted molar refractivity (Wildman–Crippen MR) is 175 cm³/mol. The summed E-state index contributed by atoms with van der Waals surface area (Å²) >= 11 is 0.